The summed E-state index contributed by atoms with van der Waals surface area (Å²) in [5, 5.41) is 13.5. The fourth-order valence-electron chi connectivity index (χ4n) is 2.82. The molecular weight excluding hydrogens is 242 g/mol. The summed E-state index contributed by atoms with van der Waals surface area (Å²) in [6.07, 6.45) is 6.14. The number of hydrogen-bond acceptors (Lipinski definition) is 5. The number of fused-ring (bicyclic) bond motifs is 1. The van der Waals surface area contributed by atoms with Crippen LogP contribution in [0.1, 0.15) is 43.3 Å². The number of rotatable bonds is 3. The fraction of sp³-hybridized carbons (Fsp3) is 0.615. The third-order valence-electron chi connectivity index (χ3n) is 4.26. The second kappa shape index (κ2) is 3.90. The standard InChI is InChI=1S/C13H17N5O/c14-12-11-13(16-10(5-15-11)8-1-2-8)18(17-12)9-3-7(4-9)6-19/h5,7-9,19H,1-4,6H2,(H2,14,17)/t7-,9-. The van der Waals surface area contributed by atoms with E-state index in [1.165, 1.54) is 12.8 Å². The van der Waals surface area contributed by atoms with Crippen LogP contribution in [-0.2, 0) is 0 Å². The number of nitrogens with two attached hydrogens (primary N) is 1. The Morgan fingerprint density at radius 1 is 1.37 bits per heavy atom. The van der Waals surface area contributed by atoms with E-state index < -0.39 is 0 Å². The van der Waals surface area contributed by atoms with Crippen LogP contribution in [0, 0.1) is 5.92 Å². The number of aliphatic hydroxyl groups excluding tert-OH is 1. The van der Waals surface area contributed by atoms with E-state index in [0.717, 1.165) is 24.2 Å². The van der Waals surface area contributed by atoms with Crippen molar-refractivity contribution in [2.45, 2.75) is 37.6 Å². The molecule has 4 rings (SSSR count). The first-order valence-electron chi connectivity index (χ1n) is 6.87. The molecule has 6 heteroatoms. The highest BCUT2D eigenvalue weighted by molar-refractivity contribution is 5.82. The molecule has 3 N–H and O–H groups in total. The second-order valence-corrected chi connectivity index (χ2v) is 5.74. The summed E-state index contributed by atoms with van der Waals surface area (Å²) in [7, 11) is 0. The van der Waals surface area contributed by atoms with Gasteiger partial charge in [0.25, 0.3) is 0 Å². The highest BCUT2D eigenvalue weighted by atomic mass is 16.3. The van der Waals surface area contributed by atoms with Gasteiger partial charge in [-0.25, -0.2) is 14.6 Å². The van der Waals surface area contributed by atoms with E-state index in [2.05, 4.69) is 10.1 Å². The molecule has 2 aliphatic rings. The van der Waals surface area contributed by atoms with Crippen LogP contribution in [0.15, 0.2) is 6.20 Å². The molecule has 0 unspecified atom stereocenters. The summed E-state index contributed by atoms with van der Waals surface area (Å²) in [6, 6.07) is 0.306. The van der Waals surface area contributed by atoms with Crippen LogP contribution in [-0.4, -0.2) is 31.5 Å². The number of anilines is 1. The Morgan fingerprint density at radius 2 is 2.16 bits per heavy atom. The van der Waals surface area contributed by atoms with E-state index >= 15 is 0 Å². The Balaban J connectivity index is 1.75. The topological polar surface area (TPSA) is 89.8 Å². The van der Waals surface area contributed by atoms with Gasteiger partial charge in [-0.15, -0.1) is 0 Å². The van der Waals surface area contributed by atoms with Crippen molar-refractivity contribution in [3.63, 3.8) is 0 Å². The van der Waals surface area contributed by atoms with Crippen LogP contribution < -0.4 is 5.73 Å². The lowest BCUT2D eigenvalue weighted by Crippen LogP contribution is -2.30. The number of nitrogens with zero attached hydrogens (tertiary/aromatic N) is 4. The molecule has 0 radical (unpaired) electrons. The first-order valence-corrected chi connectivity index (χ1v) is 6.87. The lowest BCUT2D eigenvalue weighted by Gasteiger charge is -2.34. The third kappa shape index (κ3) is 1.70. The molecule has 19 heavy (non-hydrogen) atoms. The molecule has 0 bridgehead atoms. The first-order chi connectivity index (χ1) is 9.26. The summed E-state index contributed by atoms with van der Waals surface area (Å²) in [5.41, 5.74) is 8.49. The number of nitrogen functional groups attached to an aromatic ring is 1. The van der Waals surface area contributed by atoms with Crippen molar-refractivity contribution in [2.75, 3.05) is 12.3 Å². The van der Waals surface area contributed by atoms with Gasteiger partial charge < -0.3 is 10.8 Å². The van der Waals surface area contributed by atoms with Crippen molar-refractivity contribution in [2.24, 2.45) is 5.92 Å². The van der Waals surface area contributed by atoms with Crippen molar-refractivity contribution in [3.8, 4) is 0 Å². The molecule has 6 nitrogen and oxygen atoms in total. The molecule has 2 aromatic heterocycles. The highest BCUT2D eigenvalue weighted by Gasteiger charge is 2.33. The van der Waals surface area contributed by atoms with Gasteiger partial charge in [0.15, 0.2) is 17.0 Å². The Morgan fingerprint density at radius 3 is 2.84 bits per heavy atom. The predicted molar refractivity (Wildman–Crippen MR) is 70.6 cm³/mol. The third-order valence-corrected chi connectivity index (χ3v) is 4.26. The number of aromatic nitrogens is 4. The van der Waals surface area contributed by atoms with Gasteiger partial charge in [0, 0.05) is 18.7 Å². The molecule has 2 aliphatic carbocycles. The molecule has 2 aromatic rings. The molecule has 0 saturated heterocycles. The van der Waals surface area contributed by atoms with Crippen molar-refractivity contribution in [3.05, 3.63) is 11.9 Å². The van der Waals surface area contributed by atoms with Gasteiger partial charge in [0.2, 0.25) is 0 Å². The Labute approximate surface area is 110 Å². The molecule has 2 fully saturated rings. The predicted octanol–water partition coefficient (Wildman–Crippen LogP) is 1.23. The zero-order valence-electron chi connectivity index (χ0n) is 10.7. The first kappa shape index (κ1) is 11.2. The van der Waals surface area contributed by atoms with Crippen LogP contribution >= 0.6 is 0 Å². The van der Waals surface area contributed by atoms with Crippen LogP contribution in [0.3, 0.4) is 0 Å². The van der Waals surface area contributed by atoms with Gasteiger partial charge in [-0.05, 0) is 31.6 Å². The maximum absolute atomic E-state index is 9.11. The summed E-state index contributed by atoms with van der Waals surface area (Å²) >= 11 is 0. The maximum Gasteiger partial charge on any atom is 0.179 e. The minimum atomic E-state index is 0.254. The zero-order valence-corrected chi connectivity index (χ0v) is 10.7. The van der Waals surface area contributed by atoms with Crippen LogP contribution in [0.4, 0.5) is 5.82 Å². The van der Waals surface area contributed by atoms with Gasteiger partial charge >= 0.3 is 0 Å². The minimum Gasteiger partial charge on any atom is -0.396 e. The monoisotopic (exact) mass is 259 g/mol. The average molecular weight is 259 g/mol. The quantitative estimate of drug-likeness (QED) is 0.865. The number of aliphatic hydroxyl groups is 1. The lowest BCUT2D eigenvalue weighted by atomic mass is 9.81. The van der Waals surface area contributed by atoms with Crippen LogP contribution in [0.5, 0.6) is 0 Å². The molecule has 0 aromatic carbocycles. The maximum atomic E-state index is 9.11. The summed E-state index contributed by atoms with van der Waals surface area (Å²) in [6.45, 7) is 0.254. The number of hydrogen-bond donors (Lipinski definition) is 2. The molecular formula is C13H17N5O. The summed E-state index contributed by atoms with van der Waals surface area (Å²) < 4.78 is 1.91. The minimum absolute atomic E-state index is 0.254. The average Bonchev–Trinajstić information content (AvgIpc) is 3.15. The second-order valence-electron chi connectivity index (χ2n) is 5.74. The Kier molecular flexibility index (Phi) is 2.29. The highest BCUT2D eigenvalue weighted by Crippen LogP contribution is 2.41. The van der Waals surface area contributed by atoms with E-state index in [0.29, 0.717) is 29.2 Å². The fourth-order valence-corrected chi connectivity index (χ4v) is 2.82. The van der Waals surface area contributed by atoms with Gasteiger partial charge in [0.1, 0.15) is 0 Å². The Hall–Kier alpha value is -1.69. The van der Waals surface area contributed by atoms with Crippen molar-refractivity contribution in [1.29, 1.82) is 0 Å². The summed E-state index contributed by atoms with van der Waals surface area (Å²) in [4.78, 5) is 9.13. The zero-order chi connectivity index (χ0) is 13.0. The van der Waals surface area contributed by atoms with Crippen molar-refractivity contribution in [1.82, 2.24) is 19.7 Å². The Bertz CT molecular complexity index is 627. The molecule has 0 atom stereocenters. The van der Waals surface area contributed by atoms with E-state index in [1.807, 2.05) is 10.9 Å². The van der Waals surface area contributed by atoms with Gasteiger partial charge in [-0.1, -0.05) is 0 Å². The van der Waals surface area contributed by atoms with Crippen LogP contribution in [0.2, 0.25) is 0 Å². The smallest absolute Gasteiger partial charge is 0.179 e. The normalized spacial score (nSPS) is 26.6. The van der Waals surface area contributed by atoms with Crippen molar-refractivity contribution >= 4 is 17.0 Å². The molecule has 0 spiro atoms. The van der Waals surface area contributed by atoms with Gasteiger partial charge in [-0.2, -0.15) is 5.10 Å². The molecule has 0 aliphatic heterocycles. The summed E-state index contributed by atoms with van der Waals surface area (Å²) in [5.74, 6) is 1.43. The van der Waals surface area contributed by atoms with Gasteiger partial charge in [-0.3, -0.25) is 0 Å². The molecule has 2 saturated carbocycles. The lowest BCUT2D eigenvalue weighted by molar-refractivity contribution is 0.108. The SMILES string of the molecule is Nc1nn([C@H]2C[C@H](CO)C2)c2nc(C3CC3)cnc12. The van der Waals surface area contributed by atoms with Crippen LogP contribution in [0.25, 0.3) is 11.2 Å². The van der Waals surface area contributed by atoms with E-state index in [1.54, 1.807) is 0 Å². The molecule has 2 heterocycles. The van der Waals surface area contributed by atoms with E-state index in [-0.39, 0.29) is 6.61 Å². The van der Waals surface area contributed by atoms with Crippen molar-refractivity contribution < 1.29 is 5.11 Å². The van der Waals surface area contributed by atoms with Gasteiger partial charge in [0.05, 0.1) is 11.7 Å². The van der Waals surface area contributed by atoms with E-state index in [4.69, 9.17) is 15.8 Å². The molecule has 100 valence electrons. The molecule has 0 amide bonds. The largest absolute Gasteiger partial charge is 0.396 e. The van der Waals surface area contributed by atoms with E-state index in [9.17, 15) is 0 Å².